The number of nitrogens with zero attached hydrogens (tertiary/aromatic N) is 5. The summed E-state index contributed by atoms with van der Waals surface area (Å²) in [5.74, 6) is 0.141. The van der Waals surface area contributed by atoms with Gasteiger partial charge < -0.3 is 15.0 Å². The molecule has 0 bridgehead atoms. The quantitative estimate of drug-likeness (QED) is 0.606. The third-order valence-electron chi connectivity index (χ3n) is 6.05. The van der Waals surface area contributed by atoms with Crippen molar-refractivity contribution >= 4 is 46.3 Å². The Bertz CT molecular complexity index is 1090. The van der Waals surface area contributed by atoms with Crippen molar-refractivity contribution < 1.29 is 14.3 Å². The second kappa shape index (κ2) is 8.54. The van der Waals surface area contributed by atoms with E-state index in [0.29, 0.717) is 35.0 Å². The normalized spacial score (nSPS) is 22.8. The first-order valence-electron chi connectivity index (χ1n) is 10.4. The Hall–Kier alpha value is -3.14. The molecular weight excluding hydrogens is 416 g/mol. The van der Waals surface area contributed by atoms with E-state index in [1.165, 1.54) is 6.42 Å². The van der Waals surface area contributed by atoms with Gasteiger partial charge in [-0.25, -0.2) is 14.8 Å². The van der Waals surface area contributed by atoms with E-state index < -0.39 is 17.9 Å². The van der Waals surface area contributed by atoms with Gasteiger partial charge in [0.1, 0.15) is 17.1 Å². The predicted molar refractivity (Wildman–Crippen MR) is 116 cm³/mol. The summed E-state index contributed by atoms with van der Waals surface area (Å²) in [5, 5.41) is 2.76. The molecule has 0 unspecified atom stereocenters. The third kappa shape index (κ3) is 3.95. The highest BCUT2D eigenvalue weighted by atomic mass is 32.1. The zero-order valence-electron chi connectivity index (χ0n) is 16.8. The van der Waals surface area contributed by atoms with Crippen LogP contribution in [0.1, 0.15) is 32.1 Å². The predicted octanol–water partition coefficient (Wildman–Crippen LogP) is 2.80. The Kier molecular flexibility index (Phi) is 5.46. The Labute approximate surface area is 183 Å². The van der Waals surface area contributed by atoms with Gasteiger partial charge in [-0.15, -0.1) is 0 Å². The molecule has 1 N–H and O–H groups in total. The number of fused-ring (bicyclic) bond motifs is 2. The summed E-state index contributed by atoms with van der Waals surface area (Å²) >= 11 is 1.08. The lowest BCUT2D eigenvalue weighted by atomic mass is 9.85. The fourth-order valence-electron chi connectivity index (χ4n) is 4.71. The molecule has 5 rings (SSSR count). The second-order valence-corrected chi connectivity index (χ2v) is 8.44. The third-order valence-corrected chi connectivity index (χ3v) is 6.59. The minimum absolute atomic E-state index is 0.234. The second-order valence-electron chi connectivity index (χ2n) is 7.91. The largest absolute Gasteiger partial charge is 0.454 e. The lowest BCUT2D eigenvalue weighted by molar-refractivity contribution is -0.148. The van der Waals surface area contributed by atoms with Crippen LogP contribution in [0.3, 0.4) is 0 Å². The number of ether oxygens (including phenoxy) is 1. The molecule has 0 spiro atoms. The summed E-state index contributed by atoms with van der Waals surface area (Å²) in [5.41, 5.74) is 1.89. The lowest BCUT2D eigenvalue weighted by Gasteiger charge is -2.33. The lowest BCUT2D eigenvalue weighted by Crippen LogP contribution is -2.44. The van der Waals surface area contributed by atoms with E-state index in [-0.39, 0.29) is 12.6 Å². The van der Waals surface area contributed by atoms with Gasteiger partial charge in [0, 0.05) is 18.4 Å². The van der Waals surface area contributed by atoms with E-state index in [2.05, 4.69) is 24.0 Å². The Morgan fingerprint density at radius 3 is 2.84 bits per heavy atom. The van der Waals surface area contributed by atoms with Crippen LogP contribution >= 0.6 is 11.7 Å². The highest BCUT2D eigenvalue weighted by molar-refractivity contribution is 7.00. The fraction of sp³-hybridized carbons (Fsp3) is 0.429. The number of rotatable bonds is 5. The molecule has 1 aliphatic heterocycles. The summed E-state index contributed by atoms with van der Waals surface area (Å²) in [7, 11) is 0. The molecule has 160 valence electrons. The van der Waals surface area contributed by atoms with E-state index >= 15 is 0 Å². The maximum Gasteiger partial charge on any atom is 0.329 e. The Morgan fingerprint density at radius 1 is 1.13 bits per heavy atom. The molecule has 1 aliphatic carbocycles. The molecule has 2 aromatic heterocycles. The molecule has 3 heterocycles. The van der Waals surface area contributed by atoms with Gasteiger partial charge in [0.2, 0.25) is 5.95 Å². The average Bonchev–Trinajstić information content (AvgIpc) is 3.43. The number of carbonyl (C=O) groups is 2. The highest BCUT2D eigenvalue weighted by Crippen LogP contribution is 2.41. The van der Waals surface area contributed by atoms with Crippen LogP contribution in [0, 0.1) is 5.92 Å². The van der Waals surface area contributed by atoms with E-state index in [0.717, 1.165) is 31.0 Å². The van der Waals surface area contributed by atoms with Crippen molar-refractivity contribution in [2.24, 2.45) is 5.92 Å². The van der Waals surface area contributed by atoms with E-state index in [1.807, 2.05) is 11.0 Å². The van der Waals surface area contributed by atoms with Crippen molar-refractivity contribution in [3.8, 4) is 0 Å². The number of carbonyl (C=O) groups excluding carboxylic acids is 2. The fourth-order valence-corrected chi connectivity index (χ4v) is 5.26. The van der Waals surface area contributed by atoms with Gasteiger partial charge >= 0.3 is 5.97 Å². The molecular formula is C21H22N6O3S. The maximum atomic E-state index is 13.0. The molecule has 2 fully saturated rings. The molecule has 31 heavy (non-hydrogen) atoms. The van der Waals surface area contributed by atoms with Gasteiger partial charge in [-0.1, -0.05) is 18.9 Å². The van der Waals surface area contributed by atoms with Crippen molar-refractivity contribution in [1.29, 1.82) is 0 Å². The average molecular weight is 439 g/mol. The smallest absolute Gasteiger partial charge is 0.329 e. The number of nitrogens with one attached hydrogen (secondary N) is 1. The van der Waals surface area contributed by atoms with E-state index in [4.69, 9.17) is 4.74 Å². The molecule has 2 aliphatic rings. The summed E-state index contributed by atoms with van der Waals surface area (Å²) < 4.78 is 13.8. The van der Waals surface area contributed by atoms with Crippen LogP contribution in [0.25, 0.3) is 11.0 Å². The van der Waals surface area contributed by atoms with Crippen LogP contribution in [-0.4, -0.2) is 49.3 Å². The summed E-state index contributed by atoms with van der Waals surface area (Å²) in [6, 6.07) is 6.89. The molecule has 1 aromatic carbocycles. The van der Waals surface area contributed by atoms with Crippen LogP contribution in [0.4, 0.5) is 11.6 Å². The van der Waals surface area contributed by atoms with E-state index in [1.54, 1.807) is 30.6 Å². The van der Waals surface area contributed by atoms with Crippen LogP contribution in [0.2, 0.25) is 0 Å². The minimum atomic E-state index is -0.477. The first kappa shape index (κ1) is 19.8. The molecule has 3 atom stereocenters. The van der Waals surface area contributed by atoms with Crippen molar-refractivity contribution in [1.82, 2.24) is 18.7 Å². The Morgan fingerprint density at radius 2 is 1.97 bits per heavy atom. The number of benzene rings is 1. The van der Waals surface area contributed by atoms with Crippen molar-refractivity contribution in [2.75, 3.05) is 16.8 Å². The van der Waals surface area contributed by atoms with Crippen LogP contribution in [0.15, 0.2) is 36.7 Å². The zero-order chi connectivity index (χ0) is 21.2. The summed E-state index contributed by atoms with van der Waals surface area (Å²) in [4.78, 5) is 36.2. The van der Waals surface area contributed by atoms with Crippen molar-refractivity contribution in [3.63, 3.8) is 0 Å². The van der Waals surface area contributed by atoms with Gasteiger partial charge in [-0.2, -0.15) is 8.75 Å². The number of aromatic nitrogens is 4. The molecule has 10 heteroatoms. The van der Waals surface area contributed by atoms with Crippen molar-refractivity contribution in [2.45, 2.75) is 44.2 Å². The van der Waals surface area contributed by atoms with Gasteiger partial charge in [0.15, 0.2) is 6.61 Å². The number of anilines is 2. The first-order chi connectivity index (χ1) is 15.2. The molecule has 1 saturated carbocycles. The highest BCUT2D eigenvalue weighted by Gasteiger charge is 2.47. The molecule has 0 radical (unpaired) electrons. The molecule has 1 amide bonds. The van der Waals surface area contributed by atoms with Crippen LogP contribution < -0.4 is 10.2 Å². The number of amides is 1. The minimum Gasteiger partial charge on any atom is -0.454 e. The maximum absolute atomic E-state index is 13.0. The van der Waals surface area contributed by atoms with E-state index in [9.17, 15) is 9.59 Å². The molecule has 1 saturated heterocycles. The topological polar surface area (TPSA) is 110 Å². The van der Waals surface area contributed by atoms with Gasteiger partial charge in [-0.05, 0) is 43.4 Å². The SMILES string of the molecule is O=C(COC(=O)[C@@H]1C[C@@H]2CCCC[C@@H]2N1c1ncccn1)Nc1cccc2nsnc12. The standard InChI is InChI=1S/C21H22N6O3S/c28-18(24-14-6-3-7-15-19(14)26-31-25-15)12-30-20(29)17-11-13-5-1-2-8-16(13)27(17)21-22-9-4-10-23-21/h3-4,6-7,9-10,13,16-17H,1-2,5,8,11-12H2,(H,24,28)/t13-,16-,17-/m0/s1. The molecule has 3 aromatic rings. The van der Waals surface area contributed by atoms with Gasteiger partial charge in [-0.3, -0.25) is 4.79 Å². The summed E-state index contributed by atoms with van der Waals surface area (Å²) in [6.07, 6.45) is 8.47. The monoisotopic (exact) mass is 438 g/mol. The number of esters is 1. The molecule has 9 nitrogen and oxygen atoms in total. The van der Waals surface area contributed by atoms with Crippen molar-refractivity contribution in [3.05, 3.63) is 36.7 Å². The first-order valence-corrected chi connectivity index (χ1v) is 11.2. The zero-order valence-corrected chi connectivity index (χ0v) is 17.6. The number of hydrogen-bond acceptors (Lipinski definition) is 9. The van der Waals surface area contributed by atoms with Gasteiger partial charge in [0.05, 0.1) is 17.4 Å². The number of hydrogen-bond donors (Lipinski definition) is 1. The summed E-state index contributed by atoms with van der Waals surface area (Å²) in [6.45, 7) is -0.359. The Balaban J connectivity index is 1.26. The van der Waals surface area contributed by atoms with Crippen LogP contribution in [-0.2, 0) is 14.3 Å². The van der Waals surface area contributed by atoms with Gasteiger partial charge in [0.25, 0.3) is 5.91 Å². The van der Waals surface area contributed by atoms with Crippen LogP contribution in [0.5, 0.6) is 0 Å².